The van der Waals surface area contributed by atoms with Crippen LogP contribution in [0.4, 0.5) is 13.2 Å². The third-order valence-electron chi connectivity index (χ3n) is 7.67. The number of carbonyl (C=O) groups is 1. The standard InChI is InChI=1S/C30H34F3N5O4/c31-30(32,33)23-18-21(13-14-25(23)40-17-15-20-8-3-1-4-9-20)27-36-28(42-37-27)24-12-7-16-38(24)29(34)35-26(39)19-41-22-10-5-2-6-11-22/h2,5-6,10-11,13-14,18,20,24H,1,3-4,7-9,12,15-17,19H2,(H2,34,35,39). The van der Waals surface area contributed by atoms with Crippen LogP contribution >= 0.6 is 0 Å². The maximum atomic E-state index is 14.0. The average Bonchev–Trinajstić information content (AvgIpc) is 3.67. The highest BCUT2D eigenvalue weighted by molar-refractivity contribution is 5.93. The fourth-order valence-corrected chi connectivity index (χ4v) is 5.50. The number of nitrogens with two attached hydrogens (primary N) is 1. The second-order valence-corrected chi connectivity index (χ2v) is 10.6. The van der Waals surface area contributed by atoms with Crippen molar-refractivity contribution >= 4 is 11.9 Å². The zero-order valence-corrected chi connectivity index (χ0v) is 23.2. The van der Waals surface area contributed by atoms with Gasteiger partial charge in [0.2, 0.25) is 11.7 Å². The number of alkyl halides is 3. The van der Waals surface area contributed by atoms with Crippen molar-refractivity contribution in [3.63, 3.8) is 0 Å². The number of aromatic nitrogens is 2. The molecule has 224 valence electrons. The second kappa shape index (κ2) is 13.3. The van der Waals surface area contributed by atoms with Crippen molar-refractivity contribution in [2.45, 2.75) is 63.6 Å². The van der Waals surface area contributed by atoms with E-state index in [0.29, 0.717) is 24.6 Å². The van der Waals surface area contributed by atoms with E-state index in [2.05, 4.69) is 15.1 Å². The Morgan fingerprint density at radius 2 is 1.83 bits per heavy atom. The van der Waals surface area contributed by atoms with Crippen molar-refractivity contribution in [1.82, 2.24) is 15.0 Å². The lowest BCUT2D eigenvalue weighted by Gasteiger charge is -2.22. The summed E-state index contributed by atoms with van der Waals surface area (Å²) in [6, 6.07) is 12.2. The molecule has 0 radical (unpaired) electrons. The molecular formula is C30H34F3N5O4. The van der Waals surface area contributed by atoms with E-state index in [1.54, 1.807) is 29.2 Å². The van der Waals surface area contributed by atoms with Crippen molar-refractivity contribution < 1.29 is 32.0 Å². The molecule has 1 unspecified atom stereocenters. The van der Waals surface area contributed by atoms with Crippen molar-refractivity contribution in [3.05, 3.63) is 60.0 Å². The summed E-state index contributed by atoms with van der Waals surface area (Å²) in [4.78, 5) is 22.3. The SMILES string of the molecule is NC(=NC(=O)COc1ccccc1)N1CCCC1c1nc(-c2ccc(OCCC3CCCCC3)c(C(F)(F)F)c2)no1. The van der Waals surface area contributed by atoms with E-state index >= 15 is 0 Å². The second-order valence-electron chi connectivity index (χ2n) is 10.6. The molecule has 3 aromatic rings. The molecule has 1 aliphatic heterocycles. The highest BCUT2D eigenvalue weighted by atomic mass is 19.4. The van der Waals surface area contributed by atoms with Gasteiger partial charge in [0.05, 0.1) is 12.2 Å². The summed E-state index contributed by atoms with van der Waals surface area (Å²) < 4.78 is 58.4. The predicted octanol–water partition coefficient (Wildman–Crippen LogP) is 6.16. The average molecular weight is 586 g/mol. The smallest absolute Gasteiger partial charge is 0.419 e. The number of aliphatic imine (C=N–C) groups is 1. The van der Waals surface area contributed by atoms with Gasteiger partial charge in [0.25, 0.3) is 5.91 Å². The first-order valence-electron chi connectivity index (χ1n) is 14.3. The molecule has 0 bridgehead atoms. The number of guanidine groups is 1. The van der Waals surface area contributed by atoms with E-state index in [1.807, 2.05) is 6.07 Å². The predicted molar refractivity (Wildman–Crippen MR) is 149 cm³/mol. The van der Waals surface area contributed by atoms with Crippen molar-refractivity contribution in [2.24, 2.45) is 16.6 Å². The topological polar surface area (TPSA) is 116 Å². The Bertz CT molecular complexity index is 1370. The van der Waals surface area contributed by atoms with Crippen LogP contribution in [-0.2, 0) is 11.0 Å². The molecule has 2 aliphatic rings. The quantitative estimate of drug-likeness (QED) is 0.234. The van der Waals surface area contributed by atoms with Gasteiger partial charge in [0, 0.05) is 12.1 Å². The first-order chi connectivity index (χ1) is 20.3. The fourth-order valence-electron chi connectivity index (χ4n) is 5.50. The molecule has 2 N–H and O–H groups in total. The Hall–Kier alpha value is -4.09. The minimum atomic E-state index is -4.62. The number of nitrogens with zero attached hydrogens (tertiary/aromatic N) is 4. The van der Waals surface area contributed by atoms with Gasteiger partial charge in [-0.2, -0.15) is 23.1 Å². The molecule has 42 heavy (non-hydrogen) atoms. The lowest BCUT2D eigenvalue weighted by atomic mass is 9.87. The molecule has 0 spiro atoms. The van der Waals surface area contributed by atoms with Gasteiger partial charge < -0.3 is 24.6 Å². The third-order valence-corrected chi connectivity index (χ3v) is 7.67. The van der Waals surface area contributed by atoms with Gasteiger partial charge in [0.15, 0.2) is 12.6 Å². The molecule has 1 amide bonds. The van der Waals surface area contributed by atoms with Crippen LogP contribution in [0.5, 0.6) is 11.5 Å². The van der Waals surface area contributed by atoms with Crippen LogP contribution in [-0.4, -0.2) is 46.7 Å². The summed E-state index contributed by atoms with van der Waals surface area (Å²) in [5, 5.41) is 3.94. The summed E-state index contributed by atoms with van der Waals surface area (Å²) in [6.07, 6.45) is 3.19. The van der Waals surface area contributed by atoms with E-state index in [4.69, 9.17) is 19.7 Å². The highest BCUT2D eigenvalue weighted by Gasteiger charge is 2.36. The van der Waals surface area contributed by atoms with Crippen LogP contribution in [0.15, 0.2) is 58.0 Å². The maximum absolute atomic E-state index is 14.0. The van der Waals surface area contributed by atoms with Crippen molar-refractivity contribution in [3.8, 4) is 22.9 Å². The Labute approximate surface area is 241 Å². The normalized spacial score (nSPS) is 18.3. The van der Waals surface area contributed by atoms with Gasteiger partial charge in [0.1, 0.15) is 17.5 Å². The van der Waals surface area contributed by atoms with Gasteiger partial charge in [-0.05, 0) is 55.5 Å². The number of amides is 1. The number of benzene rings is 2. The first kappa shape index (κ1) is 29.4. The summed E-state index contributed by atoms with van der Waals surface area (Å²) in [5.41, 5.74) is 5.40. The monoisotopic (exact) mass is 585 g/mol. The van der Waals surface area contributed by atoms with Gasteiger partial charge >= 0.3 is 6.18 Å². The first-order valence-corrected chi connectivity index (χ1v) is 14.3. The molecule has 5 rings (SSSR count). The van der Waals surface area contributed by atoms with Crippen LogP contribution in [0.25, 0.3) is 11.4 Å². The molecule has 12 heteroatoms. The van der Waals surface area contributed by atoms with Crippen LogP contribution in [0.3, 0.4) is 0 Å². The number of halogens is 3. The number of likely N-dealkylation sites (tertiary alicyclic amines) is 1. The lowest BCUT2D eigenvalue weighted by molar-refractivity contribution is -0.139. The molecular weight excluding hydrogens is 551 g/mol. The van der Waals surface area contributed by atoms with Crippen LogP contribution in [0, 0.1) is 5.92 Å². The van der Waals surface area contributed by atoms with Gasteiger partial charge in [-0.3, -0.25) is 4.79 Å². The number of carbonyl (C=O) groups excluding carboxylic acids is 1. The molecule has 1 saturated carbocycles. The molecule has 1 atom stereocenters. The Kier molecular flexibility index (Phi) is 9.28. The number of rotatable bonds is 9. The maximum Gasteiger partial charge on any atom is 0.419 e. The number of ether oxygens (including phenoxy) is 2. The third kappa shape index (κ3) is 7.40. The van der Waals surface area contributed by atoms with Crippen LogP contribution in [0.1, 0.15) is 68.9 Å². The molecule has 2 aromatic carbocycles. The molecule has 2 heterocycles. The zero-order chi connectivity index (χ0) is 29.5. The summed E-state index contributed by atoms with van der Waals surface area (Å²) in [7, 11) is 0. The number of para-hydroxylation sites is 1. The minimum Gasteiger partial charge on any atom is -0.493 e. The Morgan fingerprint density at radius 3 is 2.60 bits per heavy atom. The summed E-state index contributed by atoms with van der Waals surface area (Å²) in [5.74, 6) is 0.429. The Balaban J connectivity index is 1.25. The van der Waals surface area contributed by atoms with E-state index in [0.717, 1.165) is 31.7 Å². The molecule has 1 aliphatic carbocycles. The van der Waals surface area contributed by atoms with Gasteiger partial charge in [-0.1, -0.05) is 55.5 Å². The Morgan fingerprint density at radius 1 is 1.05 bits per heavy atom. The summed E-state index contributed by atoms with van der Waals surface area (Å²) in [6.45, 7) is 0.451. The molecule has 1 saturated heterocycles. The molecule has 2 fully saturated rings. The zero-order valence-electron chi connectivity index (χ0n) is 23.2. The molecule has 1 aromatic heterocycles. The number of hydrogen-bond acceptors (Lipinski definition) is 6. The van der Waals surface area contributed by atoms with E-state index < -0.39 is 23.7 Å². The number of hydrogen-bond donors (Lipinski definition) is 1. The largest absolute Gasteiger partial charge is 0.493 e. The molecule has 9 nitrogen and oxygen atoms in total. The van der Waals surface area contributed by atoms with Crippen molar-refractivity contribution in [2.75, 3.05) is 19.8 Å². The van der Waals surface area contributed by atoms with Crippen LogP contribution < -0.4 is 15.2 Å². The van der Waals surface area contributed by atoms with E-state index in [-0.39, 0.29) is 42.2 Å². The van der Waals surface area contributed by atoms with Gasteiger partial charge in [-0.15, -0.1) is 0 Å². The fraction of sp³-hybridized carbons (Fsp3) is 0.467. The van der Waals surface area contributed by atoms with Crippen molar-refractivity contribution in [1.29, 1.82) is 0 Å². The summed E-state index contributed by atoms with van der Waals surface area (Å²) >= 11 is 0. The highest BCUT2D eigenvalue weighted by Crippen LogP contribution is 2.39. The van der Waals surface area contributed by atoms with Crippen LogP contribution in [0.2, 0.25) is 0 Å². The van der Waals surface area contributed by atoms with Gasteiger partial charge in [-0.25, -0.2) is 0 Å². The van der Waals surface area contributed by atoms with E-state index in [9.17, 15) is 18.0 Å². The van der Waals surface area contributed by atoms with E-state index in [1.165, 1.54) is 31.4 Å². The lowest BCUT2D eigenvalue weighted by Crippen LogP contribution is -2.38. The minimum absolute atomic E-state index is 0.0129.